The zero-order valence-corrected chi connectivity index (χ0v) is 6.84. The van der Waals surface area contributed by atoms with Crippen molar-refractivity contribution in [2.45, 2.75) is 6.92 Å². The number of halogens is 1. The van der Waals surface area contributed by atoms with Crippen LogP contribution in [0.15, 0.2) is 10.8 Å². The van der Waals surface area contributed by atoms with E-state index in [1.807, 2.05) is 0 Å². The number of aromatic nitrogens is 2. The maximum Gasteiger partial charge on any atom is 0.217 e. The van der Waals surface area contributed by atoms with Crippen LogP contribution in [0.1, 0.15) is 9.81 Å². The standard InChI is InChI=1S/C6H7BrN2O/c1-4-3-5(10-2)9-6(7)8-4/h3H,1-2H3/i2D3. The van der Waals surface area contributed by atoms with Crippen molar-refractivity contribution >= 4 is 15.9 Å². The van der Waals surface area contributed by atoms with Crippen molar-refractivity contribution in [1.29, 1.82) is 0 Å². The first-order chi connectivity index (χ1) is 5.87. The Balaban J connectivity index is 2.90. The molecule has 0 spiro atoms. The molecule has 0 saturated carbocycles. The number of rotatable bonds is 1. The van der Waals surface area contributed by atoms with E-state index in [2.05, 4.69) is 30.6 Å². The Morgan fingerprint density at radius 2 is 2.50 bits per heavy atom. The second kappa shape index (κ2) is 2.96. The van der Waals surface area contributed by atoms with E-state index in [9.17, 15) is 0 Å². The number of hydrogen-bond donors (Lipinski definition) is 0. The monoisotopic (exact) mass is 205 g/mol. The van der Waals surface area contributed by atoms with Gasteiger partial charge >= 0.3 is 0 Å². The first-order valence-corrected chi connectivity index (χ1v) is 3.36. The van der Waals surface area contributed by atoms with Gasteiger partial charge in [-0.2, -0.15) is 4.98 Å². The summed E-state index contributed by atoms with van der Waals surface area (Å²) >= 11 is 3.03. The van der Waals surface area contributed by atoms with Crippen LogP contribution in [0.25, 0.3) is 0 Å². The molecule has 54 valence electrons. The molecule has 0 N–H and O–H groups in total. The van der Waals surface area contributed by atoms with Crippen molar-refractivity contribution in [3.63, 3.8) is 0 Å². The molecule has 0 aliphatic rings. The molecule has 0 aromatic carbocycles. The predicted molar refractivity (Wildman–Crippen MR) is 41.0 cm³/mol. The van der Waals surface area contributed by atoms with Crippen LogP contribution in [-0.2, 0) is 0 Å². The molecule has 1 heterocycles. The average Bonchev–Trinajstić information content (AvgIpc) is 1.78. The van der Waals surface area contributed by atoms with Gasteiger partial charge in [-0.1, -0.05) is 0 Å². The minimum atomic E-state index is -2.47. The van der Waals surface area contributed by atoms with E-state index >= 15 is 0 Å². The van der Waals surface area contributed by atoms with E-state index in [0.29, 0.717) is 10.4 Å². The minimum absolute atomic E-state index is 0.0411. The van der Waals surface area contributed by atoms with Crippen LogP contribution in [0.2, 0.25) is 0 Å². The average molecular weight is 206 g/mol. The second-order valence-corrected chi connectivity index (χ2v) is 2.43. The van der Waals surface area contributed by atoms with Crippen LogP contribution in [0.5, 0.6) is 5.88 Å². The van der Waals surface area contributed by atoms with Gasteiger partial charge in [-0.05, 0) is 22.9 Å². The molecule has 1 aromatic rings. The van der Waals surface area contributed by atoms with Crippen molar-refractivity contribution in [3.8, 4) is 5.88 Å². The summed E-state index contributed by atoms with van der Waals surface area (Å²) in [6.07, 6.45) is 0. The highest BCUT2D eigenvalue weighted by Crippen LogP contribution is 2.11. The van der Waals surface area contributed by atoms with Crippen molar-refractivity contribution in [2.75, 3.05) is 7.04 Å². The van der Waals surface area contributed by atoms with Crippen LogP contribution in [0.3, 0.4) is 0 Å². The molecular formula is C6H7BrN2O. The van der Waals surface area contributed by atoms with Crippen LogP contribution < -0.4 is 4.74 Å². The summed E-state index contributed by atoms with van der Waals surface area (Å²) in [6, 6.07) is 1.46. The molecule has 0 atom stereocenters. The summed E-state index contributed by atoms with van der Waals surface area (Å²) in [5.41, 5.74) is 0.640. The quantitative estimate of drug-likeness (QED) is 0.654. The number of aryl methyl sites for hydroxylation is 1. The smallest absolute Gasteiger partial charge is 0.217 e. The molecule has 0 saturated heterocycles. The predicted octanol–water partition coefficient (Wildman–Crippen LogP) is 1.56. The summed E-state index contributed by atoms with van der Waals surface area (Å²) in [7, 11) is -2.47. The van der Waals surface area contributed by atoms with Gasteiger partial charge in [0.1, 0.15) is 0 Å². The Kier molecular flexibility index (Phi) is 1.27. The molecule has 10 heavy (non-hydrogen) atoms. The third-order valence-electron chi connectivity index (χ3n) is 0.908. The molecule has 3 nitrogen and oxygen atoms in total. The van der Waals surface area contributed by atoms with E-state index in [4.69, 9.17) is 4.11 Å². The van der Waals surface area contributed by atoms with Crippen LogP contribution in [0.4, 0.5) is 0 Å². The largest absolute Gasteiger partial charge is 0.481 e. The Hall–Kier alpha value is -0.640. The van der Waals surface area contributed by atoms with E-state index < -0.39 is 7.04 Å². The van der Waals surface area contributed by atoms with Gasteiger partial charge in [0.15, 0.2) is 4.73 Å². The van der Waals surface area contributed by atoms with Crippen LogP contribution in [0, 0.1) is 6.92 Å². The lowest BCUT2D eigenvalue weighted by Crippen LogP contribution is -1.91. The highest BCUT2D eigenvalue weighted by atomic mass is 79.9. The Morgan fingerprint density at radius 3 is 3.10 bits per heavy atom. The highest BCUT2D eigenvalue weighted by Gasteiger charge is 1.96. The lowest BCUT2D eigenvalue weighted by molar-refractivity contribution is 0.395. The molecule has 1 rings (SSSR count). The molecule has 0 aliphatic carbocycles. The van der Waals surface area contributed by atoms with Gasteiger partial charge < -0.3 is 4.74 Å². The zero-order chi connectivity index (χ0) is 10.1. The summed E-state index contributed by atoms with van der Waals surface area (Å²) < 4.78 is 25.4. The molecule has 0 aliphatic heterocycles. The van der Waals surface area contributed by atoms with Crippen molar-refractivity contribution in [2.24, 2.45) is 0 Å². The highest BCUT2D eigenvalue weighted by molar-refractivity contribution is 9.10. The Labute approximate surface area is 71.8 Å². The van der Waals surface area contributed by atoms with Gasteiger partial charge in [0.25, 0.3) is 0 Å². The first kappa shape index (κ1) is 4.28. The van der Waals surface area contributed by atoms with Crippen molar-refractivity contribution < 1.29 is 8.85 Å². The molecule has 0 radical (unpaired) electrons. The number of hydrogen-bond acceptors (Lipinski definition) is 3. The zero-order valence-electron chi connectivity index (χ0n) is 8.26. The summed E-state index contributed by atoms with van der Waals surface area (Å²) in [4.78, 5) is 7.65. The minimum Gasteiger partial charge on any atom is -0.481 e. The van der Waals surface area contributed by atoms with Gasteiger partial charge in [-0.25, -0.2) is 4.98 Å². The first-order valence-electron chi connectivity index (χ1n) is 4.07. The summed E-state index contributed by atoms with van der Waals surface area (Å²) in [5, 5.41) is 0. The van der Waals surface area contributed by atoms with Gasteiger partial charge in [0.2, 0.25) is 5.88 Å². The Bertz CT molecular complexity index is 295. The second-order valence-electron chi connectivity index (χ2n) is 1.72. The van der Waals surface area contributed by atoms with E-state index in [1.54, 1.807) is 6.92 Å². The summed E-state index contributed by atoms with van der Waals surface area (Å²) in [6.45, 7) is 1.72. The number of nitrogens with zero attached hydrogens (tertiary/aromatic N) is 2. The Morgan fingerprint density at radius 1 is 1.70 bits per heavy atom. The van der Waals surface area contributed by atoms with Crippen molar-refractivity contribution in [1.82, 2.24) is 9.97 Å². The normalized spacial score (nSPS) is 15.2. The fourth-order valence-corrected chi connectivity index (χ4v) is 1.01. The van der Waals surface area contributed by atoms with Gasteiger partial charge in [-0.15, -0.1) is 0 Å². The number of methoxy groups -OCH3 is 1. The molecule has 4 heteroatoms. The maximum absolute atomic E-state index is 6.85. The lowest BCUT2D eigenvalue weighted by Gasteiger charge is -1.98. The summed E-state index contributed by atoms with van der Waals surface area (Å²) in [5.74, 6) is 0.0411. The fraction of sp³-hybridized carbons (Fsp3) is 0.333. The van der Waals surface area contributed by atoms with Gasteiger partial charge in [0.05, 0.1) is 11.2 Å². The van der Waals surface area contributed by atoms with Crippen LogP contribution in [-0.4, -0.2) is 17.0 Å². The lowest BCUT2D eigenvalue weighted by atomic mass is 10.4. The fourth-order valence-electron chi connectivity index (χ4n) is 0.557. The molecule has 0 unspecified atom stereocenters. The maximum atomic E-state index is 6.85. The molecule has 1 aromatic heterocycles. The van der Waals surface area contributed by atoms with Crippen LogP contribution >= 0.6 is 15.9 Å². The molecule has 0 fully saturated rings. The topological polar surface area (TPSA) is 35.0 Å². The van der Waals surface area contributed by atoms with E-state index in [1.165, 1.54) is 6.07 Å². The SMILES string of the molecule is [2H]C([2H])([2H])Oc1cc(C)nc(Br)n1. The van der Waals surface area contributed by atoms with Gasteiger partial charge in [-0.3, -0.25) is 0 Å². The van der Waals surface area contributed by atoms with E-state index in [0.717, 1.165) is 0 Å². The van der Waals surface area contributed by atoms with E-state index in [-0.39, 0.29) is 5.88 Å². The third-order valence-corrected chi connectivity index (χ3v) is 1.26. The number of ether oxygens (including phenoxy) is 1. The van der Waals surface area contributed by atoms with Crippen molar-refractivity contribution in [3.05, 3.63) is 16.5 Å². The third kappa shape index (κ3) is 1.67. The molecule has 0 amide bonds. The molecule has 0 bridgehead atoms. The van der Waals surface area contributed by atoms with Gasteiger partial charge in [0, 0.05) is 11.8 Å². The molecular weight excluding hydrogens is 196 g/mol.